The van der Waals surface area contributed by atoms with Gasteiger partial charge in [0.2, 0.25) is 5.91 Å². The van der Waals surface area contributed by atoms with E-state index in [1.54, 1.807) is 6.92 Å². The first-order valence-corrected chi connectivity index (χ1v) is 5.24. The molecule has 6 heteroatoms. The van der Waals surface area contributed by atoms with Crippen molar-refractivity contribution < 1.29 is 19.8 Å². The van der Waals surface area contributed by atoms with Crippen LogP contribution in [0.1, 0.15) is 27.2 Å². The van der Waals surface area contributed by atoms with Crippen LogP contribution in [0.3, 0.4) is 0 Å². The van der Waals surface area contributed by atoms with Gasteiger partial charge in [0, 0.05) is 19.5 Å². The zero-order valence-electron chi connectivity index (χ0n) is 9.86. The first-order chi connectivity index (χ1) is 7.32. The summed E-state index contributed by atoms with van der Waals surface area (Å²) in [4.78, 5) is 21.5. The Balaban J connectivity index is 4.01. The number of carbonyl (C=O) groups is 2. The fraction of sp³-hybridized carbons (Fsp3) is 0.800. The lowest BCUT2D eigenvalue weighted by Gasteiger charge is -2.19. The highest BCUT2D eigenvalue weighted by molar-refractivity contribution is 5.82. The zero-order chi connectivity index (χ0) is 12.7. The summed E-state index contributed by atoms with van der Waals surface area (Å²) >= 11 is 0. The van der Waals surface area contributed by atoms with E-state index in [1.807, 2.05) is 6.92 Å². The van der Waals surface area contributed by atoms with Gasteiger partial charge >= 0.3 is 5.97 Å². The molecule has 4 N–H and O–H groups in total. The molecule has 0 aliphatic carbocycles. The van der Waals surface area contributed by atoms with E-state index in [1.165, 1.54) is 6.92 Å². The minimum atomic E-state index is -1.08. The van der Waals surface area contributed by atoms with Gasteiger partial charge in [-0.15, -0.1) is 0 Å². The van der Waals surface area contributed by atoms with Crippen LogP contribution < -0.4 is 10.6 Å². The van der Waals surface area contributed by atoms with E-state index >= 15 is 0 Å². The van der Waals surface area contributed by atoms with Gasteiger partial charge in [-0.25, -0.2) is 4.79 Å². The highest BCUT2D eigenvalue weighted by atomic mass is 16.4. The van der Waals surface area contributed by atoms with Crippen molar-refractivity contribution >= 4 is 11.9 Å². The summed E-state index contributed by atoms with van der Waals surface area (Å²) in [7, 11) is 0. The molecule has 1 amide bonds. The number of carboxylic acids is 1. The van der Waals surface area contributed by atoms with E-state index in [2.05, 4.69) is 10.6 Å². The van der Waals surface area contributed by atoms with E-state index in [0.717, 1.165) is 0 Å². The average Bonchev–Trinajstić information content (AvgIpc) is 2.09. The summed E-state index contributed by atoms with van der Waals surface area (Å²) < 4.78 is 0. The van der Waals surface area contributed by atoms with Crippen molar-refractivity contribution in [1.82, 2.24) is 10.6 Å². The lowest BCUT2D eigenvalue weighted by atomic mass is 10.1. The second-order valence-corrected chi connectivity index (χ2v) is 3.99. The number of carboxylic acid groups (broad SMARTS) is 1. The van der Waals surface area contributed by atoms with Crippen LogP contribution in [0.4, 0.5) is 0 Å². The van der Waals surface area contributed by atoms with Crippen LogP contribution in [0, 0.1) is 0 Å². The third kappa shape index (κ3) is 7.19. The van der Waals surface area contributed by atoms with Crippen LogP contribution in [-0.2, 0) is 9.59 Å². The Morgan fingerprint density at radius 1 is 1.31 bits per heavy atom. The van der Waals surface area contributed by atoms with Crippen LogP contribution in [0.2, 0.25) is 0 Å². The highest BCUT2D eigenvalue weighted by Crippen LogP contribution is 1.96. The number of aliphatic carboxylic acids is 1. The van der Waals surface area contributed by atoms with Gasteiger partial charge in [-0.2, -0.15) is 0 Å². The normalized spacial score (nSPS) is 16.2. The Kier molecular flexibility index (Phi) is 6.67. The van der Waals surface area contributed by atoms with Gasteiger partial charge in [0.05, 0.1) is 6.10 Å². The molecule has 0 fully saturated rings. The Bertz CT molecular complexity index is 243. The minimum absolute atomic E-state index is 0.00407. The quantitative estimate of drug-likeness (QED) is 0.466. The first kappa shape index (κ1) is 14.9. The number of carbonyl (C=O) groups excluding carboxylic acids is 1. The Labute approximate surface area is 95.0 Å². The fourth-order valence-corrected chi connectivity index (χ4v) is 1.36. The summed E-state index contributed by atoms with van der Waals surface area (Å²) in [5.74, 6) is -1.45. The number of hydrogen-bond donors (Lipinski definition) is 4. The molecule has 6 nitrogen and oxygen atoms in total. The molecule has 0 aromatic heterocycles. The summed E-state index contributed by atoms with van der Waals surface area (Å²) in [6.45, 7) is 4.93. The van der Waals surface area contributed by atoms with Crippen molar-refractivity contribution in [3.8, 4) is 0 Å². The van der Waals surface area contributed by atoms with Gasteiger partial charge in [0.25, 0.3) is 0 Å². The molecule has 0 bridgehead atoms. The van der Waals surface area contributed by atoms with Gasteiger partial charge in [-0.05, 0) is 20.3 Å². The van der Waals surface area contributed by atoms with Crippen molar-refractivity contribution in [3.05, 3.63) is 0 Å². The monoisotopic (exact) mass is 232 g/mol. The molecule has 0 aromatic rings. The number of aliphatic hydroxyl groups excluding tert-OH is 1. The number of nitrogens with one attached hydrogen (secondary N) is 2. The highest BCUT2D eigenvalue weighted by Gasteiger charge is 2.18. The molecule has 0 radical (unpaired) electrons. The number of aliphatic hydroxyl groups is 1. The number of rotatable bonds is 7. The van der Waals surface area contributed by atoms with Crippen LogP contribution in [0.5, 0.6) is 0 Å². The summed E-state index contributed by atoms with van der Waals surface area (Å²) in [5.41, 5.74) is 0. The predicted octanol–water partition coefficient (Wildman–Crippen LogP) is -0.675. The molecule has 0 saturated heterocycles. The molecule has 94 valence electrons. The average molecular weight is 232 g/mol. The third-order valence-corrected chi connectivity index (χ3v) is 2.04. The maximum absolute atomic E-state index is 10.8. The summed E-state index contributed by atoms with van der Waals surface area (Å²) in [5, 5.41) is 23.2. The van der Waals surface area contributed by atoms with Crippen molar-refractivity contribution in [2.24, 2.45) is 0 Å². The van der Waals surface area contributed by atoms with Crippen molar-refractivity contribution in [3.63, 3.8) is 0 Å². The lowest BCUT2D eigenvalue weighted by molar-refractivity contribution is -0.141. The van der Waals surface area contributed by atoms with Crippen LogP contribution >= 0.6 is 0 Å². The molecule has 0 rings (SSSR count). The number of hydrogen-bond acceptors (Lipinski definition) is 4. The smallest absolute Gasteiger partial charge is 0.327 e. The predicted molar refractivity (Wildman–Crippen MR) is 59.0 cm³/mol. The topological polar surface area (TPSA) is 98.7 Å². The van der Waals surface area contributed by atoms with E-state index in [-0.39, 0.29) is 18.5 Å². The molecule has 0 saturated carbocycles. The SMILES string of the molecule is CC(=O)NC(CNC(C)CC(C)O)C(=O)O. The van der Waals surface area contributed by atoms with Crippen LogP contribution in [0.25, 0.3) is 0 Å². The standard InChI is InChI=1S/C10H20N2O4/c1-6(4-7(2)13)11-5-9(10(15)16)12-8(3)14/h6-7,9,11,13H,4-5H2,1-3H3,(H,12,14)(H,15,16). The van der Waals surface area contributed by atoms with E-state index < -0.39 is 18.1 Å². The molecule has 0 aromatic carbocycles. The fourth-order valence-electron chi connectivity index (χ4n) is 1.36. The Hall–Kier alpha value is -1.14. The summed E-state index contributed by atoms with van der Waals surface area (Å²) in [6.07, 6.45) is 0.0958. The maximum atomic E-state index is 10.8. The molecular weight excluding hydrogens is 212 g/mol. The second-order valence-electron chi connectivity index (χ2n) is 3.99. The molecule has 0 spiro atoms. The molecule has 0 aliphatic heterocycles. The van der Waals surface area contributed by atoms with Crippen LogP contribution in [0.15, 0.2) is 0 Å². The van der Waals surface area contributed by atoms with E-state index in [0.29, 0.717) is 6.42 Å². The molecule has 0 aliphatic rings. The lowest BCUT2D eigenvalue weighted by Crippen LogP contribution is -2.48. The second kappa shape index (κ2) is 7.19. The molecule has 0 heterocycles. The van der Waals surface area contributed by atoms with Gasteiger partial charge in [-0.3, -0.25) is 4.79 Å². The Morgan fingerprint density at radius 2 is 1.88 bits per heavy atom. The molecule has 3 atom stereocenters. The van der Waals surface area contributed by atoms with Gasteiger partial charge < -0.3 is 20.8 Å². The van der Waals surface area contributed by atoms with Gasteiger partial charge in [0.15, 0.2) is 0 Å². The molecule has 16 heavy (non-hydrogen) atoms. The van der Waals surface area contributed by atoms with Gasteiger partial charge in [-0.1, -0.05) is 0 Å². The number of amides is 1. The third-order valence-electron chi connectivity index (χ3n) is 2.04. The van der Waals surface area contributed by atoms with E-state index in [4.69, 9.17) is 10.2 Å². The van der Waals surface area contributed by atoms with Gasteiger partial charge in [0.1, 0.15) is 6.04 Å². The first-order valence-electron chi connectivity index (χ1n) is 5.24. The maximum Gasteiger partial charge on any atom is 0.327 e. The van der Waals surface area contributed by atoms with Crippen molar-refractivity contribution in [2.75, 3.05) is 6.54 Å². The largest absolute Gasteiger partial charge is 0.480 e. The van der Waals surface area contributed by atoms with Crippen molar-refractivity contribution in [2.45, 2.75) is 45.4 Å². The minimum Gasteiger partial charge on any atom is -0.480 e. The van der Waals surface area contributed by atoms with E-state index in [9.17, 15) is 9.59 Å². The zero-order valence-corrected chi connectivity index (χ0v) is 9.86. The van der Waals surface area contributed by atoms with Crippen LogP contribution in [-0.4, -0.2) is 46.8 Å². The van der Waals surface area contributed by atoms with Crippen molar-refractivity contribution in [1.29, 1.82) is 0 Å². The molecule has 3 unspecified atom stereocenters. The molecular formula is C10H20N2O4. The summed E-state index contributed by atoms with van der Waals surface area (Å²) in [6, 6.07) is -0.940. The Morgan fingerprint density at radius 3 is 2.25 bits per heavy atom.